The Morgan fingerprint density at radius 3 is 2.37 bits per heavy atom. The van der Waals surface area contributed by atoms with Crippen LogP contribution in [-0.2, 0) is 5.41 Å². The Morgan fingerprint density at radius 1 is 1.16 bits per heavy atom. The Bertz CT molecular complexity index is 600. The summed E-state index contributed by atoms with van der Waals surface area (Å²) in [5, 5.41) is 0. The molecule has 0 saturated heterocycles. The number of halogens is 1. The summed E-state index contributed by atoms with van der Waals surface area (Å²) in [6.45, 7) is 8.49. The second-order valence-electron chi connectivity index (χ2n) is 5.76. The first-order chi connectivity index (χ1) is 8.77. The molecule has 1 aromatic carbocycles. The van der Waals surface area contributed by atoms with Gasteiger partial charge in [-0.2, -0.15) is 0 Å². The fourth-order valence-corrected chi connectivity index (χ4v) is 3.51. The summed E-state index contributed by atoms with van der Waals surface area (Å²) in [6, 6.07) is 9.81. The number of rotatable bonds is 2. The number of ketones is 1. The summed E-state index contributed by atoms with van der Waals surface area (Å²) in [7, 11) is 0. The van der Waals surface area contributed by atoms with Crippen LogP contribution < -0.4 is 0 Å². The zero-order valence-corrected chi connectivity index (χ0v) is 14.0. The molecule has 0 bridgehead atoms. The largest absolute Gasteiger partial charge is 0.288 e. The summed E-state index contributed by atoms with van der Waals surface area (Å²) in [4.78, 5) is 14.5. The first-order valence-electron chi connectivity index (χ1n) is 6.19. The molecular weight excluding hydrogens is 320 g/mol. The SMILES string of the molecule is Cc1cc(Br)cc(C(=O)c2ccc(C(C)(C)C)s2)c1. The monoisotopic (exact) mass is 336 g/mol. The molecule has 1 nitrogen and oxygen atoms in total. The molecule has 0 aliphatic rings. The molecule has 100 valence electrons. The Balaban J connectivity index is 2.36. The van der Waals surface area contributed by atoms with Crippen LogP contribution in [0.1, 0.15) is 46.4 Å². The van der Waals surface area contributed by atoms with Crippen molar-refractivity contribution < 1.29 is 4.79 Å². The van der Waals surface area contributed by atoms with E-state index in [1.165, 1.54) is 4.88 Å². The van der Waals surface area contributed by atoms with Crippen LogP contribution in [0.5, 0.6) is 0 Å². The summed E-state index contributed by atoms with van der Waals surface area (Å²) in [5.41, 5.74) is 1.93. The van der Waals surface area contributed by atoms with Crippen LogP contribution in [0.3, 0.4) is 0 Å². The van der Waals surface area contributed by atoms with E-state index in [-0.39, 0.29) is 11.2 Å². The molecule has 0 spiro atoms. The lowest BCUT2D eigenvalue weighted by atomic mass is 9.95. The lowest BCUT2D eigenvalue weighted by Crippen LogP contribution is -2.08. The topological polar surface area (TPSA) is 17.1 Å². The van der Waals surface area contributed by atoms with Gasteiger partial charge in [0.15, 0.2) is 0 Å². The highest BCUT2D eigenvalue weighted by molar-refractivity contribution is 9.10. The molecule has 0 aliphatic heterocycles. The predicted octanol–water partition coefficient (Wildman–Crippen LogP) is 5.35. The van der Waals surface area contributed by atoms with E-state index < -0.39 is 0 Å². The van der Waals surface area contributed by atoms with Gasteiger partial charge in [0.2, 0.25) is 5.78 Å². The van der Waals surface area contributed by atoms with Gasteiger partial charge in [0, 0.05) is 14.9 Å². The van der Waals surface area contributed by atoms with E-state index >= 15 is 0 Å². The van der Waals surface area contributed by atoms with Gasteiger partial charge in [0.1, 0.15) is 0 Å². The zero-order valence-electron chi connectivity index (χ0n) is 11.6. The maximum absolute atomic E-state index is 12.5. The van der Waals surface area contributed by atoms with Crippen LogP contribution >= 0.6 is 27.3 Å². The first kappa shape index (κ1) is 14.5. The molecule has 0 radical (unpaired) electrons. The number of benzene rings is 1. The lowest BCUT2D eigenvalue weighted by Gasteiger charge is -2.15. The van der Waals surface area contributed by atoms with Gasteiger partial charge >= 0.3 is 0 Å². The van der Waals surface area contributed by atoms with Gasteiger partial charge < -0.3 is 0 Å². The number of carbonyl (C=O) groups is 1. The number of carbonyl (C=O) groups excluding carboxylic acids is 1. The van der Waals surface area contributed by atoms with Crippen molar-refractivity contribution in [1.82, 2.24) is 0 Å². The molecule has 3 heteroatoms. The van der Waals surface area contributed by atoms with Crippen LogP contribution in [0.15, 0.2) is 34.8 Å². The predicted molar refractivity (Wildman–Crippen MR) is 85.3 cm³/mol. The van der Waals surface area contributed by atoms with Gasteiger partial charge in [-0.1, -0.05) is 36.7 Å². The number of thiophene rings is 1. The lowest BCUT2D eigenvalue weighted by molar-refractivity contribution is 0.104. The molecular formula is C16H17BrOS. The van der Waals surface area contributed by atoms with Gasteiger partial charge in [0.25, 0.3) is 0 Å². The van der Waals surface area contributed by atoms with Crippen molar-refractivity contribution in [2.75, 3.05) is 0 Å². The first-order valence-corrected chi connectivity index (χ1v) is 7.80. The number of hydrogen-bond donors (Lipinski definition) is 0. The van der Waals surface area contributed by atoms with Gasteiger partial charge in [-0.25, -0.2) is 0 Å². The summed E-state index contributed by atoms with van der Waals surface area (Å²) >= 11 is 5.03. The molecule has 0 N–H and O–H groups in total. The highest BCUT2D eigenvalue weighted by atomic mass is 79.9. The van der Waals surface area contributed by atoms with Crippen molar-refractivity contribution in [1.29, 1.82) is 0 Å². The minimum absolute atomic E-state index is 0.0936. The van der Waals surface area contributed by atoms with E-state index in [0.717, 1.165) is 20.5 Å². The molecule has 0 atom stereocenters. The van der Waals surface area contributed by atoms with Crippen molar-refractivity contribution in [2.24, 2.45) is 0 Å². The molecule has 0 unspecified atom stereocenters. The fourth-order valence-electron chi connectivity index (χ4n) is 1.87. The van der Waals surface area contributed by atoms with E-state index in [9.17, 15) is 4.79 Å². The standard InChI is InChI=1S/C16H17BrOS/c1-10-7-11(9-12(17)8-10)15(18)13-5-6-14(19-13)16(2,3)4/h5-9H,1-4H3. The smallest absolute Gasteiger partial charge is 0.202 e. The third-order valence-corrected chi connectivity index (χ3v) is 4.84. The second kappa shape index (κ2) is 5.22. The molecule has 2 aromatic rings. The molecule has 1 aromatic heterocycles. The third-order valence-electron chi connectivity index (χ3n) is 2.87. The Morgan fingerprint density at radius 2 is 1.84 bits per heavy atom. The maximum Gasteiger partial charge on any atom is 0.202 e. The Kier molecular flexibility index (Phi) is 3.98. The average Bonchev–Trinajstić information content (AvgIpc) is 2.75. The second-order valence-corrected chi connectivity index (χ2v) is 7.76. The average molecular weight is 337 g/mol. The van der Waals surface area contributed by atoms with Crippen LogP contribution in [0.4, 0.5) is 0 Å². The molecule has 0 aliphatic carbocycles. The van der Waals surface area contributed by atoms with Crippen LogP contribution in [-0.4, -0.2) is 5.78 Å². The van der Waals surface area contributed by atoms with Crippen molar-refractivity contribution >= 4 is 33.0 Å². The molecule has 0 fully saturated rings. The van der Waals surface area contributed by atoms with Crippen molar-refractivity contribution in [3.8, 4) is 0 Å². The number of aryl methyl sites for hydroxylation is 1. The highest BCUT2D eigenvalue weighted by Gasteiger charge is 2.19. The van der Waals surface area contributed by atoms with E-state index in [1.54, 1.807) is 11.3 Å². The quantitative estimate of drug-likeness (QED) is 0.675. The summed E-state index contributed by atoms with van der Waals surface area (Å²) in [5.74, 6) is 0.102. The van der Waals surface area contributed by atoms with Crippen molar-refractivity contribution in [3.63, 3.8) is 0 Å². The van der Waals surface area contributed by atoms with Crippen LogP contribution in [0, 0.1) is 6.92 Å². The minimum atomic E-state index is 0.0936. The highest BCUT2D eigenvalue weighted by Crippen LogP contribution is 2.31. The fraction of sp³-hybridized carbons (Fsp3) is 0.312. The summed E-state index contributed by atoms with van der Waals surface area (Å²) < 4.78 is 0.948. The Labute approximate surface area is 126 Å². The molecule has 0 saturated carbocycles. The van der Waals surface area contributed by atoms with E-state index in [2.05, 4.69) is 42.8 Å². The van der Waals surface area contributed by atoms with E-state index in [0.29, 0.717) is 0 Å². The zero-order chi connectivity index (χ0) is 14.2. The van der Waals surface area contributed by atoms with Crippen molar-refractivity contribution in [3.05, 3.63) is 55.7 Å². The van der Waals surface area contributed by atoms with E-state index in [1.807, 2.05) is 31.2 Å². The Hall–Kier alpha value is -0.930. The molecule has 19 heavy (non-hydrogen) atoms. The van der Waals surface area contributed by atoms with Gasteiger partial charge in [-0.3, -0.25) is 4.79 Å². The van der Waals surface area contributed by atoms with Crippen LogP contribution in [0.2, 0.25) is 0 Å². The maximum atomic E-state index is 12.5. The third kappa shape index (κ3) is 3.34. The van der Waals surface area contributed by atoms with E-state index in [4.69, 9.17) is 0 Å². The summed E-state index contributed by atoms with van der Waals surface area (Å²) in [6.07, 6.45) is 0. The normalized spacial score (nSPS) is 11.6. The van der Waals surface area contributed by atoms with Crippen molar-refractivity contribution in [2.45, 2.75) is 33.1 Å². The van der Waals surface area contributed by atoms with Crippen LogP contribution in [0.25, 0.3) is 0 Å². The molecule has 0 amide bonds. The number of hydrogen-bond acceptors (Lipinski definition) is 2. The van der Waals surface area contributed by atoms with Gasteiger partial charge in [-0.15, -0.1) is 11.3 Å². The molecule has 2 rings (SSSR count). The van der Waals surface area contributed by atoms with Gasteiger partial charge in [0.05, 0.1) is 4.88 Å². The van der Waals surface area contributed by atoms with Gasteiger partial charge in [-0.05, 0) is 48.2 Å². The minimum Gasteiger partial charge on any atom is -0.288 e. The molecule has 1 heterocycles.